The third-order valence-electron chi connectivity index (χ3n) is 9.19. The van der Waals surface area contributed by atoms with Crippen LogP contribution >= 0.6 is 0 Å². The van der Waals surface area contributed by atoms with E-state index in [0.29, 0.717) is 26.3 Å². The normalized spacial score (nSPS) is 29.7. The highest BCUT2D eigenvalue weighted by atomic mass is 16.7. The van der Waals surface area contributed by atoms with Crippen molar-refractivity contribution in [1.29, 1.82) is 0 Å². The molecule has 0 amide bonds. The summed E-state index contributed by atoms with van der Waals surface area (Å²) in [6, 6.07) is 3.84. The van der Waals surface area contributed by atoms with Gasteiger partial charge in [-0.15, -0.1) is 0 Å². The Balaban J connectivity index is 1.40. The number of nitrogens with zero attached hydrogens (tertiary/aromatic N) is 2. The lowest BCUT2D eigenvalue weighted by molar-refractivity contribution is -0.246. The number of hydrogen-bond donors (Lipinski definition) is 4. The third kappa shape index (κ3) is 5.28. The van der Waals surface area contributed by atoms with E-state index in [1.165, 1.54) is 32.2 Å². The molecule has 2 saturated heterocycles. The zero-order chi connectivity index (χ0) is 32.2. The van der Waals surface area contributed by atoms with E-state index < -0.39 is 82.6 Å². The molecule has 2 aromatic rings. The molecule has 13 nitrogen and oxygen atoms in total. The molecule has 6 atom stereocenters. The molecular weight excluding hydrogens is 588 g/mol. The van der Waals surface area contributed by atoms with Gasteiger partial charge in [-0.3, -0.25) is 19.4 Å². The van der Waals surface area contributed by atoms with Gasteiger partial charge in [0, 0.05) is 49.0 Å². The summed E-state index contributed by atoms with van der Waals surface area (Å²) in [6.45, 7) is 5.30. The standard InChI is InChI=1S/C32H36N2O11/c1-15-27(36)19(33-14-34-7-9-43-10-8-34)11-22(44-15)45-21-13-32(41,16(2)35)12-18-24(21)31(40)26-25(29(18)38)28(37)17-5-4-6-20(42-3)23(17)30(26)39/h4-6,14-15,19,21-22,27,36,38,40-41H,7-13H2,1-3H3/t15-,19-,21+,22?,27+,32+/m1/s1. The zero-order valence-electron chi connectivity index (χ0n) is 25.2. The Kier molecular flexibility index (Phi) is 8.16. The molecule has 2 heterocycles. The number of ether oxygens (including phenoxy) is 4. The summed E-state index contributed by atoms with van der Waals surface area (Å²) in [5, 5.41) is 45.4. The zero-order valence-corrected chi connectivity index (χ0v) is 25.2. The van der Waals surface area contributed by atoms with Crippen LogP contribution in [0.5, 0.6) is 17.2 Å². The van der Waals surface area contributed by atoms with Crippen molar-refractivity contribution in [2.75, 3.05) is 33.4 Å². The highest BCUT2D eigenvalue weighted by Gasteiger charge is 2.49. The number of aliphatic hydroxyl groups is 2. The Labute approximate surface area is 259 Å². The molecule has 2 aliphatic heterocycles. The summed E-state index contributed by atoms with van der Waals surface area (Å²) in [4.78, 5) is 46.7. The number of hydrogen-bond acceptors (Lipinski definition) is 12. The SMILES string of the molecule is COc1cccc2c1C(=O)c1c(O)c3c(c(O)c1C2=O)C[C@@](O)(C(C)=O)C[C@@H]3OC1C[C@@H](N=CN2CCOCC2)[C@@H](O)[C@@H](C)O1. The number of carbonyl (C=O) groups is 3. The molecular formula is C32H36N2O11. The molecule has 45 heavy (non-hydrogen) atoms. The molecule has 0 radical (unpaired) electrons. The molecule has 2 fully saturated rings. The van der Waals surface area contributed by atoms with Crippen LogP contribution in [0.4, 0.5) is 0 Å². The first-order chi connectivity index (χ1) is 21.4. The van der Waals surface area contributed by atoms with Gasteiger partial charge in [0.1, 0.15) is 29.0 Å². The smallest absolute Gasteiger partial charge is 0.202 e. The summed E-state index contributed by atoms with van der Waals surface area (Å²) in [5.41, 5.74) is -3.06. The molecule has 0 aromatic heterocycles. The molecule has 4 aliphatic rings. The number of phenolic OH excluding ortho intramolecular Hbond substituents is 2. The van der Waals surface area contributed by atoms with Gasteiger partial charge in [-0.25, -0.2) is 0 Å². The van der Waals surface area contributed by atoms with E-state index in [2.05, 4.69) is 4.99 Å². The van der Waals surface area contributed by atoms with Crippen molar-refractivity contribution >= 4 is 23.7 Å². The number of carbonyl (C=O) groups excluding carboxylic acids is 3. The van der Waals surface area contributed by atoms with Crippen LogP contribution < -0.4 is 4.74 Å². The van der Waals surface area contributed by atoms with Crippen molar-refractivity contribution < 1.29 is 53.8 Å². The number of ketones is 3. The summed E-state index contributed by atoms with van der Waals surface area (Å²) in [7, 11) is 1.35. The maximum absolute atomic E-state index is 13.8. The van der Waals surface area contributed by atoms with Crippen molar-refractivity contribution in [3.05, 3.63) is 51.6 Å². The van der Waals surface area contributed by atoms with Crippen molar-refractivity contribution in [3.8, 4) is 17.2 Å². The number of fused-ring (bicyclic) bond motifs is 3. The average Bonchev–Trinajstić information content (AvgIpc) is 3.02. The number of rotatable bonds is 6. The van der Waals surface area contributed by atoms with Crippen LogP contribution in [0.3, 0.4) is 0 Å². The minimum Gasteiger partial charge on any atom is -0.507 e. The Morgan fingerprint density at radius 3 is 2.51 bits per heavy atom. The van der Waals surface area contributed by atoms with Crippen LogP contribution in [0, 0.1) is 0 Å². The quantitative estimate of drug-likeness (QED) is 0.176. The minimum absolute atomic E-state index is 0.0150. The first-order valence-electron chi connectivity index (χ1n) is 14.9. The molecule has 4 N–H and O–H groups in total. The molecule has 0 bridgehead atoms. The van der Waals surface area contributed by atoms with Crippen LogP contribution in [-0.4, -0.2) is 113 Å². The van der Waals surface area contributed by atoms with Gasteiger partial charge in [0.25, 0.3) is 0 Å². The van der Waals surface area contributed by atoms with E-state index in [9.17, 15) is 34.8 Å². The van der Waals surface area contributed by atoms with Gasteiger partial charge in [-0.2, -0.15) is 0 Å². The Morgan fingerprint density at radius 1 is 1.11 bits per heavy atom. The predicted molar refractivity (Wildman–Crippen MR) is 157 cm³/mol. The highest BCUT2D eigenvalue weighted by Crippen LogP contribution is 2.52. The van der Waals surface area contributed by atoms with Gasteiger partial charge in [0.2, 0.25) is 5.78 Å². The van der Waals surface area contributed by atoms with Crippen molar-refractivity contribution in [1.82, 2.24) is 4.90 Å². The summed E-state index contributed by atoms with van der Waals surface area (Å²) in [6.07, 6.45) is -2.92. The lowest BCUT2D eigenvalue weighted by Crippen LogP contribution is -2.49. The van der Waals surface area contributed by atoms with Gasteiger partial charge < -0.3 is 44.3 Å². The second-order valence-corrected chi connectivity index (χ2v) is 12.0. The maximum atomic E-state index is 13.8. The predicted octanol–water partition coefficient (Wildman–Crippen LogP) is 1.43. The molecule has 2 aliphatic carbocycles. The number of benzene rings is 2. The molecule has 0 saturated carbocycles. The molecule has 1 unspecified atom stereocenters. The number of phenols is 2. The van der Waals surface area contributed by atoms with Crippen molar-refractivity contribution in [2.45, 2.75) is 69.4 Å². The monoisotopic (exact) mass is 624 g/mol. The lowest BCUT2D eigenvalue weighted by atomic mass is 9.72. The van der Waals surface area contributed by atoms with E-state index in [-0.39, 0.29) is 40.8 Å². The maximum Gasteiger partial charge on any atom is 0.202 e. The van der Waals surface area contributed by atoms with E-state index >= 15 is 0 Å². The Bertz CT molecular complexity index is 1580. The van der Waals surface area contributed by atoms with Crippen LogP contribution in [0.15, 0.2) is 23.2 Å². The number of aliphatic hydroxyl groups excluding tert-OH is 1. The van der Waals surface area contributed by atoms with Crippen LogP contribution in [0.25, 0.3) is 0 Å². The molecule has 6 rings (SSSR count). The topological polar surface area (TPSA) is 185 Å². The first kappa shape index (κ1) is 31.1. The summed E-state index contributed by atoms with van der Waals surface area (Å²) < 4.78 is 22.9. The van der Waals surface area contributed by atoms with E-state index in [1.807, 2.05) is 4.90 Å². The second-order valence-electron chi connectivity index (χ2n) is 12.0. The third-order valence-corrected chi connectivity index (χ3v) is 9.19. The molecule has 2 aromatic carbocycles. The second kappa shape index (κ2) is 11.8. The van der Waals surface area contributed by atoms with Gasteiger partial charge in [0.05, 0.1) is 61.6 Å². The molecule has 13 heteroatoms. The fourth-order valence-electron chi connectivity index (χ4n) is 6.62. The summed E-state index contributed by atoms with van der Waals surface area (Å²) >= 11 is 0. The van der Waals surface area contributed by atoms with Crippen LogP contribution in [0.1, 0.15) is 75.8 Å². The Morgan fingerprint density at radius 2 is 1.82 bits per heavy atom. The van der Waals surface area contributed by atoms with E-state index in [1.54, 1.807) is 13.3 Å². The number of methoxy groups -OCH3 is 1. The fourth-order valence-corrected chi connectivity index (χ4v) is 6.62. The number of Topliss-reactive ketones (excluding diaryl/α,β-unsaturated/α-hetero) is 1. The number of aliphatic imine (C=N–C) groups is 1. The van der Waals surface area contributed by atoms with Gasteiger partial charge in [0.15, 0.2) is 17.9 Å². The van der Waals surface area contributed by atoms with Gasteiger partial charge >= 0.3 is 0 Å². The summed E-state index contributed by atoms with van der Waals surface area (Å²) in [5.74, 6) is -3.17. The van der Waals surface area contributed by atoms with E-state index in [0.717, 1.165) is 0 Å². The lowest BCUT2D eigenvalue weighted by Gasteiger charge is -2.42. The van der Waals surface area contributed by atoms with Crippen molar-refractivity contribution in [3.63, 3.8) is 0 Å². The largest absolute Gasteiger partial charge is 0.507 e. The number of morpholine rings is 1. The first-order valence-corrected chi connectivity index (χ1v) is 14.9. The highest BCUT2D eigenvalue weighted by molar-refractivity contribution is 6.31. The van der Waals surface area contributed by atoms with Gasteiger partial charge in [-0.1, -0.05) is 12.1 Å². The average molecular weight is 625 g/mol. The van der Waals surface area contributed by atoms with Crippen molar-refractivity contribution in [2.24, 2.45) is 4.99 Å². The molecule has 240 valence electrons. The molecule has 0 spiro atoms. The fraction of sp³-hybridized carbons (Fsp3) is 0.500. The van der Waals surface area contributed by atoms with Crippen LogP contribution in [0.2, 0.25) is 0 Å². The number of aromatic hydroxyl groups is 2. The van der Waals surface area contributed by atoms with Crippen LogP contribution in [-0.2, 0) is 25.4 Å². The Hall–Kier alpha value is -3.88. The van der Waals surface area contributed by atoms with Gasteiger partial charge in [-0.05, 0) is 19.9 Å². The van der Waals surface area contributed by atoms with E-state index in [4.69, 9.17) is 18.9 Å². The minimum atomic E-state index is -2.02.